The Morgan fingerprint density at radius 1 is 1.14 bits per heavy atom. The molecule has 1 aromatic carbocycles. The van der Waals surface area contributed by atoms with E-state index in [1.165, 1.54) is 0 Å². The van der Waals surface area contributed by atoms with E-state index in [-0.39, 0.29) is 5.41 Å². The van der Waals surface area contributed by atoms with E-state index in [4.69, 9.17) is 14.2 Å². The highest BCUT2D eigenvalue weighted by atomic mass is 16.9. The van der Waals surface area contributed by atoms with Crippen molar-refractivity contribution in [1.82, 2.24) is 0 Å². The van der Waals surface area contributed by atoms with Crippen LogP contribution >= 0.6 is 0 Å². The Bertz CT molecular complexity index is 601. The van der Waals surface area contributed by atoms with Crippen molar-refractivity contribution in [3.8, 4) is 11.8 Å². The van der Waals surface area contributed by atoms with Crippen LogP contribution in [0, 0.1) is 17.3 Å². The molecule has 0 aromatic heterocycles. The fourth-order valence-electron chi connectivity index (χ4n) is 2.48. The lowest BCUT2D eigenvalue weighted by Crippen LogP contribution is -2.58. The van der Waals surface area contributed by atoms with Crippen LogP contribution in [0.3, 0.4) is 0 Å². The molecule has 116 valence electrons. The Kier molecular flexibility index (Phi) is 3.84. The second-order valence-corrected chi connectivity index (χ2v) is 6.12. The average Bonchev–Trinajstić information content (AvgIpc) is 2.56. The molecular formula is C18H20O4. The molecule has 4 rings (SSSR count). The number of allylic oxidation sites excluding steroid dienone is 1. The minimum Gasteiger partial charge on any atom is -0.370 e. The van der Waals surface area contributed by atoms with Gasteiger partial charge in [0.1, 0.15) is 0 Å². The van der Waals surface area contributed by atoms with Crippen LogP contribution in [0.1, 0.15) is 19.4 Å². The largest absolute Gasteiger partial charge is 0.370 e. The molecule has 0 saturated carbocycles. The molecule has 3 heterocycles. The zero-order valence-electron chi connectivity index (χ0n) is 12.8. The summed E-state index contributed by atoms with van der Waals surface area (Å²) in [5.41, 5.74) is -0.824. The quantitative estimate of drug-likeness (QED) is 0.672. The van der Waals surface area contributed by atoms with E-state index in [0.717, 1.165) is 0 Å². The van der Waals surface area contributed by atoms with Crippen LogP contribution < -0.4 is 0 Å². The van der Waals surface area contributed by atoms with Crippen molar-refractivity contribution in [3.05, 3.63) is 48.0 Å². The zero-order valence-corrected chi connectivity index (χ0v) is 12.8. The highest BCUT2D eigenvalue weighted by Crippen LogP contribution is 2.37. The summed E-state index contributed by atoms with van der Waals surface area (Å²) >= 11 is 0. The van der Waals surface area contributed by atoms with E-state index in [2.05, 4.69) is 11.8 Å². The summed E-state index contributed by atoms with van der Waals surface area (Å²) in [6.07, 6.45) is 3.41. The van der Waals surface area contributed by atoms with Crippen LogP contribution in [0.2, 0.25) is 0 Å². The molecule has 0 amide bonds. The van der Waals surface area contributed by atoms with E-state index in [1.54, 1.807) is 12.2 Å². The van der Waals surface area contributed by atoms with Gasteiger partial charge in [-0.05, 0) is 24.5 Å². The fourth-order valence-corrected chi connectivity index (χ4v) is 2.48. The van der Waals surface area contributed by atoms with Gasteiger partial charge >= 0.3 is 5.97 Å². The van der Waals surface area contributed by atoms with Crippen molar-refractivity contribution >= 4 is 0 Å². The molecular weight excluding hydrogens is 280 g/mol. The Labute approximate surface area is 130 Å². The Morgan fingerprint density at radius 3 is 2.27 bits per heavy atom. The van der Waals surface area contributed by atoms with E-state index in [9.17, 15) is 5.11 Å². The van der Waals surface area contributed by atoms with Gasteiger partial charge in [-0.15, -0.1) is 0 Å². The number of benzene rings is 1. The second-order valence-electron chi connectivity index (χ2n) is 6.12. The number of aliphatic hydroxyl groups is 1. The average molecular weight is 300 g/mol. The molecule has 1 aromatic rings. The molecule has 0 aliphatic carbocycles. The molecule has 4 heteroatoms. The van der Waals surface area contributed by atoms with Crippen LogP contribution in [0.25, 0.3) is 0 Å². The number of fused-ring (bicyclic) bond motifs is 3. The highest BCUT2D eigenvalue weighted by Gasteiger charge is 2.50. The summed E-state index contributed by atoms with van der Waals surface area (Å²) in [6.45, 7) is 5.49. The van der Waals surface area contributed by atoms with Gasteiger partial charge in [-0.2, -0.15) is 0 Å². The molecule has 3 saturated heterocycles. The van der Waals surface area contributed by atoms with Crippen LogP contribution in [-0.2, 0) is 19.8 Å². The summed E-state index contributed by atoms with van der Waals surface area (Å²) in [5, 5.41) is 10.9. The molecule has 1 unspecified atom stereocenters. The first-order valence-electron chi connectivity index (χ1n) is 7.37. The van der Waals surface area contributed by atoms with Crippen molar-refractivity contribution in [2.45, 2.75) is 25.4 Å². The third-order valence-corrected chi connectivity index (χ3v) is 3.86. The van der Waals surface area contributed by atoms with Gasteiger partial charge < -0.3 is 19.3 Å². The number of hydrogen-bond donors (Lipinski definition) is 1. The van der Waals surface area contributed by atoms with Crippen molar-refractivity contribution in [2.75, 3.05) is 19.8 Å². The smallest absolute Gasteiger partial charge is 0.353 e. The van der Waals surface area contributed by atoms with Crippen molar-refractivity contribution < 1.29 is 19.3 Å². The Morgan fingerprint density at radius 2 is 1.73 bits per heavy atom. The highest BCUT2D eigenvalue weighted by molar-refractivity contribution is 5.38. The summed E-state index contributed by atoms with van der Waals surface area (Å²) in [6, 6.07) is 9.27. The first-order chi connectivity index (χ1) is 10.5. The molecule has 1 N–H and O–H groups in total. The van der Waals surface area contributed by atoms with Crippen LogP contribution in [-0.4, -0.2) is 30.9 Å². The molecule has 2 bridgehead atoms. The predicted molar refractivity (Wildman–Crippen MR) is 81.6 cm³/mol. The summed E-state index contributed by atoms with van der Waals surface area (Å²) < 4.78 is 16.9. The van der Waals surface area contributed by atoms with Crippen molar-refractivity contribution in [3.63, 3.8) is 0 Å². The van der Waals surface area contributed by atoms with E-state index in [1.807, 2.05) is 44.2 Å². The van der Waals surface area contributed by atoms with E-state index >= 15 is 0 Å². The first-order valence-corrected chi connectivity index (χ1v) is 7.37. The number of hydrogen-bond acceptors (Lipinski definition) is 4. The molecule has 0 spiro atoms. The third-order valence-electron chi connectivity index (χ3n) is 3.86. The molecule has 1 atom stereocenters. The maximum Gasteiger partial charge on any atom is 0.353 e. The lowest BCUT2D eigenvalue weighted by atomic mass is 9.91. The standard InChI is InChI=1S/C18H20O4/c1-3-9-17(19,15-7-5-4-6-8-15)10-11-18-20-12-16(2,13-21-18)14-22-18/h3-9,19H,12-14H2,1-2H3/b9-3+. The van der Waals surface area contributed by atoms with Gasteiger partial charge in [0.15, 0.2) is 5.60 Å². The van der Waals surface area contributed by atoms with Gasteiger partial charge in [0, 0.05) is 5.41 Å². The predicted octanol–water partition coefficient (Wildman–Crippen LogP) is 2.19. The third kappa shape index (κ3) is 2.81. The van der Waals surface area contributed by atoms with Gasteiger partial charge in [-0.1, -0.05) is 49.3 Å². The topological polar surface area (TPSA) is 47.9 Å². The maximum atomic E-state index is 10.9. The van der Waals surface area contributed by atoms with Crippen LogP contribution in [0.5, 0.6) is 0 Å². The molecule has 3 fully saturated rings. The second kappa shape index (κ2) is 5.53. The molecule has 3 aliphatic heterocycles. The summed E-state index contributed by atoms with van der Waals surface area (Å²) in [4.78, 5) is 0. The summed E-state index contributed by atoms with van der Waals surface area (Å²) in [5.74, 6) is 4.34. The number of ether oxygens (including phenoxy) is 3. The van der Waals surface area contributed by atoms with Gasteiger partial charge in [-0.25, -0.2) is 0 Å². The van der Waals surface area contributed by atoms with E-state index < -0.39 is 11.6 Å². The minimum atomic E-state index is -1.40. The van der Waals surface area contributed by atoms with Crippen molar-refractivity contribution in [2.24, 2.45) is 5.41 Å². The van der Waals surface area contributed by atoms with Crippen LogP contribution in [0.15, 0.2) is 42.5 Å². The fraction of sp³-hybridized carbons (Fsp3) is 0.444. The molecule has 0 radical (unpaired) electrons. The zero-order chi connectivity index (χ0) is 15.7. The maximum absolute atomic E-state index is 10.9. The first kappa shape index (κ1) is 15.3. The molecule has 3 aliphatic rings. The van der Waals surface area contributed by atoms with Gasteiger partial charge in [0.05, 0.1) is 19.8 Å². The van der Waals surface area contributed by atoms with E-state index in [0.29, 0.717) is 25.4 Å². The normalized spacial score (nSPS) is 33.2. The van der Waals surface area contributed by atoms with Crippen molar-refractivity contribution in [1.29, 1.82) is 0 Å². The van der Waals surface area contributed by atoms with Gasteiger partial charge in [0.25, 0.3) is 0 Å². The van der Waals surface area contributed by atoms with Crippen LogP contribution in [0.4, 0.5) is 0 Å². The SMILES string of the molecule is C/C=C/C(O)(C#CC12OCC(C)(CO1)CO2)c1ccccc1. The molecule has 22 heavy (non-hydrogen) atoms. The Hall–Kier alpha value is -1.64. The number of rotatable bonds is 2. The lowest BCUT2D eigenvalue weighted by molar-refractivity contribution is -0.436. The summed E-state index contributed by atoms with van der Waals surface area (Å²) in [7, 11) is 0. The van der Waals surface area contributed by atoms with Gasteiger partial charge in [-0.3, -0.25) is 0 Å². The lowest BCUT2D eigenvalue weighted by Gasteiger charge is -2.47. The minimum absolute atomic E-state index is 0.109. The molecule has 4 nitrogen and oxygen atoms in total. The van der Waals surface area contributed by atoms with Gasteiger partial charge in [0.2, 0.25) is 0 Å². The Balaban J connectivity index is 1.90. The monoisotopic (exact) mass is 300 g/mol.